The van der Waals surface area contributed by atoms with Crippen molar-refractivity contribution in [3.63, 3.8) is 0 Å². The van der Waals surface area contributed by atoms with Crippen molar-refractivity contribution >= 4 is 26.8 Å². The van der Waals surface area contributed by atoms with E-state index < -0.39 is 10.0 Å². The number of sulfonamides is 1. The van der Waals surface area contributed by atoms with Gasteiger partial charge in [-0.2, -0.15) is 4.31 Å². The minimum Gasteiger partial charge on any atom is -0.461 e. The van der Waals surface area contributed by atoms with Gasteiger partial charge < -0.3 is 9.47 Å². The number of nitrogens with zero attached hydrogens (tertiary/aromatic N) is 1. The van der Waals surface area contributed by atoms with Gasteiger partial charge in [0, 0.05) is 13.1 Å². The van der Waals surface area contributed by atoms with Crippen LogP contribution in [0.15, 0.2) is 71.6 Å². The fraction of sp³-hybridized carbons (Fsp3) is 0.261. The summed E-state index contributed by atoms with van der Waals surface area (Å²) < 4.78 is 37.6. The molecule has 0 aliphatic carbocycles. The quantitative estimate of drug-likeness (QED) is 0.568. The Morgan fingerprint density at radius 1 is 0.900 bits per heavy atom. The van der Waals surface area contributed by atoms with Gasteiger partial charge in [0.2, 0.25) is 10.0 Å². The second-order valence-electron chi connectivity index (χ2n) is 7.18. The monoisotopic (exact) mass is 425 g/mol. The molecule has 6 nitrogen and oxygen atoms in total. The first-order valence-electron chi connectivity index (χ1n) is 9.82. The third kappa shape index (κ3) is 4.70. The van der Waals surface area contributed by atoms with Crippen molar-refractivity contribution in [1.82, 2.24) is 4.31 Å². The molecule has 0 atom stereocenters. The average molecular weight is 426 g/mol. The summed E-state index contributed by atoms with van der Waals surface area (Å²) >= 11 is 0. The highest BCUT2D eigenvalue weighted by atomic mass is 32.2. The highest BCUT2D eigenvalue weighted by Crippen LogP contribution is 2.19. The molecule has 156 valence electrons. The van der Waals surface area contributed by atoms with Gasteiger partial charge in [-0.15, -0.1) is 0 Å². The van der Waals surface area contributed by atoms with E-state index in [1.54, 1.807) is 24.3 Å². The van der Waals surface area contributed by atoms with E-state index in [-0.39, 0.29) is 23.9 Å². The third-order valence-electron chi connectivity index (χ3n) is 5.07. The van der Waals surface area contributed by atoms with Crippen molar-refractivity contribution in [3.8, 4) is 0 Å². The lowest BCUT2D eigenvalue weighted by Crippen LogP contribution is -2.40. The normalized spacial score (nSPS) is 15.2. The van der Waals surface area contributed by atoms with Gasteiger partial charge in [0.1, 0.15) is 6.61 Å². The van der Waals surface area contributed by atoms with E-state index in [0.717, 1.165) is 16.3 Å². The SMILES string of the molecule is O=C(Cc1ccc2ccccc2c1)OCc1cccc(S(=O)(=O)N2CCOCC2)c1. The first-order valence-corrected chi connectivity index (χ1v) is 11.3. The van der Waals surface area contributed by atoms with Crippen LogP contribution in [0.3, 0.4) is 0 Å². The van der Waals surface area contributed by atoms with E-state index in [1.807, 2.05) is 42.5 Å². The molecule has 1 fully saturated rings. The molecule has 0 saturated carbocycles. The molecular formula is C23H23NO5S. The van der Waals surface area contributed by atoms with Crippen LogP contribution >= 0.6 is 0 Å². The van der Waals surface area contributed by atoms with E-state index in [0.29, 0.717) is 31.9 Å². The van der Waals surface area contributed by atoms with Crippen molar-refractivity contribution in [2.45, 2.75) is 17.9 Å². The maximum absolute atomic E-state index is 12.8. The fourth-order valence-electron chi connectivity index (χ4n) is 3.46. The summed E-state index contributed by atoms with van der Waals surface area (Å²) in [6.07, 6.45) is 0.163. The molecule has 1 saturated heterocycles. The van der Waals surface area contributed by atoms with Gasteiger partial charge in [-0.25, -0.2) is 8.42 Å². The average Bonchev–Trinajstić information content (AvgIpc) is 2.78. The Labute approximate surface area is 176 Å². The highest BCUT2D eigenvalue weighted by Gasteiger charge is 2.26. The molecule has 30 heavy (non-hydrogen) atoms. The molecular weight excluding hydrogens is 402 g/mol. The first-order chi connectivity index (χ1) is 14.5. The van der Waals surface area contributed by atoms with E-state index >= 15 is 0 Å². The van der Waals surface area contributed by atoms with Crippen LogP contribution < -0.4 is 0 Å². The second kappa shape index (κ2) is 8.95. The van der Waals surface area contributed by atoms with Crippen LogP contribution in [0.5, 0.6) is 0 Å². The lowest BCUT2D eigenvalue weighted by Gasteiger charge is -2.26. The number of hydrogen-bond acceptors (Lipinski definition) is 5. The van der Waals surface area contributed by atoms with Crippen LogP contribution in [-0.2, 0) is 37.3 Å². The molecule has 0 bridgehead atoms. The Balaban J connectivity index is 1.39. The predicted octanol–water partition coefficient (Wildman–Crippen LogP) is 3.15. The maximum atomic E-state index is 12.8. The molecule has 1 aliphatic heterocycles. The third-order valence-corrected chi connectivity index (χ3v) is 6.96. The Morgan fingerprint density at radius 2 is 1.67 bits per heavy atom. The summed E-state index contributed by atoms with van der Waals surface area (Å²) in [5, 5.41) is 2.19. The molecule has 0 aromatic heterocycles. The van der Waals surface area contributed by atoms with E-state index in [2.05, 4.69) is 0 Å². The van der Waals surface area contributed by atoms with E-state index in [1.165, 1.54) is 4.31 Å². The summed E-state index contributed by atoms with van der Waals surface area (Å²) in [5.41, 5.74) is 1.51. The maximum Gasteiger partial charge on any atom is 0.310 e. The van der Waals surface area contributed by atoms with Crippen molar-refractivity contribution < 1.29 is 22.7 Å². The smallest absolute Gasteiger partial charge is 0.310 e. The van der Waals surface area contributed by atoms with E-state index in [4.69, 9.17) is 9.47 Å². The zero-order chi connectivity index (χ0) is 21.0. The fourth-order valence-corrected chi connectivity index (χ4v) is 4.94. The van der Waals surface area contributed by atoms with Gasteiger partial charge in [-0.3, -0.25) is 4.79 Å². The van der Waals surface area contributed by atoms with Crippen molar-refractivity contribution in [1.29, 1.82) is 0 Å². The Bertz CT molecular complexity index is 1150. The van der Waals surface area contributed by atoms with E-state index in [9.17, 15) is 13.2 Å². The van der Waals surface area contributed by atoms with Crippen LogP contribution in [0.1, 0.15) is 11.1 Å². The standard InChI is InChI=1S/C23H23NO5S/c25-23(16-18-8-9-20-5-1-2-6-21(20)14-18)29-17-19-4-3-7-22(15-19)30(26,27)24-10-12-28-13-11-24/h1-9,14-15H,10-13,16-17H2. The van der Waals surface area contributed by atoms with Crippen molar-refractivity contribution in [3.05, 3.63) is 77.9 Å². The number of ether oxygens (including phenoxy) is 2. The first kappa shape index (κ1) is 20.5. The Hall–Kier alpha value is -2.74. The zero-order valence-electron chi connectivity index (χ0n) is 16.5. The number of fused-ring (bicyclic) bond motifs is 1. The minimum absolute atomic E-state index is 0.0267. The summed E-state index contributed by atoms with van der Waals surface area (Å²) in [6.45, 7) is 1.50. The topological polar surface area (TPSA) is 72.9 Å². The van der Waals surface area contributed by atoms with Gasteiger partial charge >= 0.3 is 5.97 Å². The van der Waals surface area contributed by atoms with Crippen LogP contribution in [0.4, 0.5) is 0 Å². The van der Waals surface area contributed by atoms with Gasteiger partial charge in [0.05, 0.1) is 24.5 Å². The molecule has 7 heteroatoms. The summed E-state index contributed by atoms with van der Waals surface area (Å²) in [5.74, 6) is -0.355. The summed E-state index contributed by atoms with van der Waals surface area (Å²) in [7, 11) is -3.58. The second-order valence-corrected chi connectivity index (χ2v) is 9.12. The molecule has 0 amide bonds. The van der Waals surface area contributed by atoms with Crippen LogP contribution in [0.2, 0.25) is 0 Å². The number of benzene rings is 3. The zero-order valence-corrected chi connectivity index (χ0v) is 17.3. The van der Waals surface area contributed by atoms with Crippen LogP contribution in [0.25, 0.3) is 10.8 Å². The lowest BCUT2D eigenvalue weighted by molar-refractivity contribution is -0.144. The lowest BCUT2D eigenvalue weighted by atomic mass is 10.1. The molecule has 1 heterocycles. The molecule has 1 aliphatic rings. The van der Waals surface area contributed by atoms with Crippen molar-refractivity contribution in [2.24, 2.45) is 0 Å². The highest BCUT2D eigenvalue weighted by molar-refractivity contribution is 7.89. The number of rotatable bonds is 6. The number of carbonyl (C=O) groups excluding carboxylic acids is 1. The largest absolute Gasteiger partial charge is 0.461 e. The molecule has 0 unspecified atom stereocenters. The predicted molar refractivity (Wildman–Crippen MR) is 113 cm³/mol. The molecule has 0 N–H and O–H groups in total. The Morgan fingerprint density at radius 3 is 2.47 bits per heavy atom. The molecule has 3 aromatic carbocycles. The Kier molecular flexibility index (Phi) is 6.13. The number of carbonyl (C=O) groups is 1. The number of hydrogen-bond donors (Lipinski definition) is 0. The van der Waals surface area contributed by atoms with Crippen molar-refractivity contribution in [2.75, 3.05) is 26.3 Å². The van der Waals surface area contributed by atoms with Crippen LogP contribution in [0, 0.1) is 0 Å². The van der Waals surface area contributed by atoms with Gasteiger partial charge in [-0.05, 0) is 34.0 Å². The minimum atomic E-state index is -3.58. The molecule has 4 rings (SSSR count). The van der Waals surface area contributed by atoms with Gasteiger partial charge in [-0.1, -0.05) is 54.6 Å². The molecule has 3 aromatic rings. The van der Waals surface area contributed by atoms with Gasteiger partial charge in [0.25, 0.3) is 0 Å². The summed E-state index contributed by atoms with van der Waals surface area (Å²) in [6, 6.07) is 20.4. The molecule has 0 radical (unpaired) electrons. The van der Waals surface area contributed by atoms with Crippen LogP contribution in [-0.4, -0.2) is 45.0 Å². The number of morpholine rings is 1. The summed E-state index contributed by atoms with van der Waals surface area (Å²) in [4.78, 5) is 12.5. The number of esters is 1. The molecule has 0 spiro atoms. The van der Waals surface area contributed by atoms with Gasteiger partial charge in [0.15, 0.2) is 0 Å².